The van der Waals surface area contributed by atoms with E-state index in [1.54, 1.807) is 0 Å². The third-order valence-corrected chi connectivity index (χ3v) is 5.17. The average molecular weight is 272 g/mol. The Morgan fingerprint density at radius 3 is 1.95 bits per heavy atom. The number of allylic oxidation sites excluding steroid dienone is 1. The smallest absolute Gasteiger partial charge is 0.266 e. The van der Waals surface area contributed by atoms with Crippen LogP contribution in [0.15, 0.2) is 12.2 Å². The van der Waals surface area contributed by atoms with Crippen LogP contribution in [0.25, 0.3) is 0 Å². The molecule has 0 spiro atoms. The van der Waals surface area contributed by atoms with Crippen molar-refractivity contribution in [1.29, 1.82) is 0 Å². The van der Waals surface area contributed by atoms with E-state index in [-0.39, 0.29) is 6.10 Å². The lowest BCUT2D eigenvalue weighted by Crippen LogP contribution is -2.27. The van der Waals surface area contributed by atoms with Gasteiger partial charge in [-0.2, -0.15) is 8.78 Å². The quantitative estimate of drug-likeness (QED) is 0.771. The van der Waals surface area contributed by atoms with E-state index in [2.05, 4.69) is 0 Å². The molecule has 0 heterocycles. The molecule has 1 N–H and O–H groups in total. The minimum Gasteiger partial charge on any atom is -0.393 e. The van der Waals surface area contributed by atoms with Crippen LogP contribution in [0.4, 0.5) is 8.78 Å². The molecule has 0 radical (unpaired) electrons. The van der Waals surface area contributed by atoms with E-state index in [4.69, 9.17) is 0 Å². The summed E-state index contributed by atoms with van der Waals surface area (Å²) in [4.78, 5) is 0. The van der Waals surface area contributed by atoms with E-state index in [1.807, 2.05) is 0 Å². The van der Waals surface area contributed by atoms with Gasteiger partial charge in [-0.3, -0.25) is 0 Å². The van der Waals surface area contributed by atoms with Crippen LogP contribution < -0.4 is 0 Å². The molecule has 3 heteroatoms. The lowest BCUT2D eigenvalue weighted by molar-refractivity contribution is 0.0765. The van der Waals surface area contributed by atoms with Crippen molar-refractivity contribution in [3.63, 3.8) is 0 Å². The normalized spacial score (nSPS) is 35.9. The molecule has 0 bridgehead atoms. The van der Waals surface area contributed by atoms with Crippen molar-refractivity contribution in [2.24, 2.45) is 17.8 Å². The Morgan fingerprint density at radius 2 is 1.42 bits per heavy atom. The highest BCUT2D eigenvalue weighted by molar-refractivity contribution is 4.84. The first-order valence-electron chi connectivity index (χ1n) is 7.84. The molecule has 0 amide bonds. The molecule has 110 valence electrons. The van der Waals surface area contributed by atoms with Crippen LogP contribution in [-0.4, -0.2) is 11.2 Å². The maximum atomic E-state index is 12.0. The third-order valence-electron chi connectivity index (χ3n) is 5.17. The number of hydrogen-bond acceptors (Lipinski definition) is 1. The molecule has 0 atom stereocenters. The van der Waals surface area contributed by atoms with Crippen LogP contribution in [0.1, 0.15) is 64.2 Å². The van der Waals surface area contributed by atoms with Crippen LogP contribution in [0, 0.1) is 17.8 Å². The molecule has 2 rings (SSSR count). The Hall–Kier alpha value is -0.440. The van der Waals surface area contributed by atoms with Gasteiger partial charge in [0.05, 0.1) is 6.10 Å². The molecule has 0 aromatic heterocycles. The van der Waals surface area contributed by atoms with Crippen molar-refractivity contribution in [3.8, 4) is 0 Å². The van der Waals surface area contributed by atoms with Crippen molar-refractivity contribution >= 4 is 0 Å². The summed E-state index contributed by atoms with van der Waals surface area (Å²) in [6.07, 6.45) is 10.2. The second kappa shape index (κ2) is 7.37. The fraction of sp³-hybridized carbons (Fsp3) is 0.875. The topological polar surface area (TPSA) is 20.2 Å². The summed E-state index contributed by atoms with van der Waals surface area (Å²) in [6.45, 7) is 0. The Bertz CT molecular complexity index is 283. The summed E-state index contributed by atoms with van der Waals surface area (Å²) < 4.78 is 23.9. The zero-order valence-electron chi connectivity index (χ0n) is 11.7. The Labute approximate surface area is 115 Å². The van der Waals surface area contributed by atoms with Gasteiger partial charge in [0.25, 0.3) is 6.08 Å². The molecule has 1 nitrogen and oxygen atoms in total. The average Bonchev–Trinajstić information content (AvgIpc) is 2.40. The van der Waals surface area contributed by atoms with Crippen LogP contribution in [0.3, 0.4) is 0 Å². The molecule has 0 aliphatic heterocycles. The minimum absolute atomic E-state index is 0.0602. The van der Waals surface area contributed by atoms with Gasteiger partial charge >= 0.3 is 0 Å². The van der Waals surface area contributed by atoms with E-state index >= 15 is 0 Å². The highest BCUT2D eigenvalue weighted by atomic mass is 19.3. The second-order valence-corrected chi connectivity index (χ2v) is 6.42. The van der Waals surface area contributed by atoms with Crippen molar-refractivity contribution in [2.45, 2.75) is 70.3 Å². The van der Waals surface area contributed by atoms with E-state index in [0.717, 1.165) is 37.2 Å². The standard InChI is InChI=1S/C16H26F2O/c17-16(18)3-1-2-12-4-6-13(7-5-12)14-8-10-15(19)11-9-14/h3,12-15,19H,1-2,4-11H2. The third kappa shape index (κ3) is 4.87. The molecule has 0 saturated heterocycles. The second-order valence-electron chi connectivity index (χ2n) is 6.42. The molecule has 0 aromatic rings. The van der Waals surface area contributed by atoms with E-state index < -0.39 is 6.08 Å². The molecule has 0 aromatic carbocycles. The highest BCUT2D eigenvalue weighted by Crippen LogP contribution is 2.41. The fourth-order valence-electron chi connectivity index (χ4n) is 3.95. The molecule has 2 fully saturated rings. The molecule has 2 aliphatic carbocycles. The first-order valence-corrected chi connectivity index (χ1v) is 7.84. The Balaban J connectivity index is 1.66. The predicted molar refractivity (Wildman–Crippen MR) is 72.9 cm³/mol. The summed E-state index contributed by atoms with van der Waals surface area (Å²) in [5, 5.41) is 9.54. The van der Waals surface area contributed by atoms with Gasteiger partial charge in [-0.1, -0.05) is 12.8 Å². The van der Waals surface area contributed by atoms with E-state index in [0.29, 0.717) is 12.3 Å². The molecular formula is C16H26F2O. The first-order chi connectivity index (χ1) is 9.15. The summed E-state index contributed by atoms with van der Waals surface area (Å²) in [5.41, 5.74) is 0. The largest absolute Gasteiger partial charge is 0.393 e. The van der Waals surface area contributed by atoms with E-state index in [1.165, 1.54) is 38.5 Å². The molecular weight excluding hydrogens is 246 g/mol. The molecule has 2 saturated carbocycles. The number of aliphatic hydroxyl groups is 1. The SMILES string of the molecule is OC1CCC(C2CCC(CCC=C(F)F)CC2)CC1. The summed E-state index contributed by atoms with van der Waals surface area (Å²) in [5.74, 6) is 2.30. The molecule has 19 heavy (non-hydrogen) atoms. The van der Waals surface area contributed by atoms with Crippen LogP contribution in [0.2, 0.25) is 0 Å². The lowest BCUT2D eigenvalue weighted by Gasteiger charge is -2.36. The van der Waals surface area contributed by atoms with Gasteiger partial charge in [-0.25, -0.2) is 0 Å². The maximum absolute atomic E-state index is 12.0. The maximum Gasteiger partial charge on any atom is 0.266 e. The number of hydrogen-bond donors (Lipinski definition) is 1. The van der Waals surface area contributed by atoms with Gasteiger partial charge < -0.3 is 5.11 Å². The van der Waals surface area contributed by atoms with Crippen LogP contribution in [-0.2, 0) is 0 Å². The van der Waals surface area contributed by atoms with Gasteiger partial charge in [0.1, 0.15) is 0 Å². The van der Waals surface area contributed by atoms with Gasteiger partial charge in [0.2, 0.25) is 0 Å². The summed E-state index contributed by atoms with van der Waals surface area (Å²) >= 11 is 0. The molecule has 0 unspecified atom stereocenters. The van der Waals surface area contributed by atoms with Crippen molar-refractivity contribution in [1.82, 2.24) is 0 Å². The van der Waals surface area contributed by atoms with Crippen LogP contribution in [0.5, 0.6) is 0 Å². The van der Waals surface area contributed by atoms with Crippen molar-refractivity contribution in [2.75, 3.05) is 0 Å². The Morgan fingerprint density at radius 1 is 0.895 bits per heavy atom. The highest BCUT2D eigenvalue weighted by Gasteiger charge is 2.30. The number of aliphatic hydroxyl groups excluding tert-OH is 1. The van der Waals surface area contributed by atoms with Gasteiger partial charge in [-0.15, -0.1) is 0 Å². The summed E-state index contributed by atoms with van der Waals surface area (Å²) in [7, 11) is 0. The zero-order valence-corrected chi connectivity index (χ0v) is 11.7. The summed E-state index contributed by atoms with van der Waals surface area (Å²) in [6, 6.07) is 0. The van der Waals surface area contributed by atoms with Gasteiger partial charge in [-0.05, 0) is 75.2 Å². The van der Waals surface area contributed by atoms with Gasteiger partial charge in [0.15, 0.2) is 0 Å². The fourth-order valence-corrected chi connectivity index (χ4v) is 3.95. The van der Waals surface area contributed by atoms with Crippen molar-refractivity contribution in [3.05, 3.63) is 12.2 Å². The monoisotopic (exact) mass is 272 g/mol. The lowest BCUT2D eigenvalue weighted by atomic mass is 9.70. The van der Waals surface area contributed by atoms with Crippen molar-refractivity contribution < 1.29 is 13.9 Å². The zero-order chi connectivity index (χ0) is 13.7. The Kier molecular flexibility index (Phi) is 5.80. The van der Waals surface area contributed by atoms with E-state index in [9.17, 15) is 13.9 Å². The number of halogens is 2. The predicted octanol–water partition coefficient (Wildman–Crippen LogP) is 4.90. The van der Waals surface area contributed by atoms with Crippen LogP contribution >= 0.6 is 0 Å². The minimum atomic E-state index is -1.53. The number of rotatable bonds is 4. The van der Waals surface area contributed by atoms with Gasteiger partial charge in [0, 0.05) is 0 Å². The molecule has 2 aliphatic rings. The first kappa shape index (κ1) is 15.0.